The second-order valence-electron chi connectivity index (χ2n) is 5.60. The zero-order valence-electron chi connectivity index (χ0n) is 13.3. The summed E-state index contributed by atoms with van der Waals surface area (Å²) in [4.78, 5) is 0. The molecular formula is C18H23FN2O2. The Morgan fingerprint density at radius 1 is 1.22 bits per heavy atom. The summed E-state index contributed by atoms with van der Waals surface area (Å²) in [7, 11) is 1.65. The molecule has 2 aromatic rings. The third-order valence-electron chi connectivity index (χ3n) is 3.60. The Morgan fingerprint density at radius 3 is 2.78 bits per heavy atom. The molecule has 5 heteroatoms. The van der Waals surface area contributed by atoms with E-state index in [2.05, 4.69) is 5.32 Å². The summed E-state index contributed by atoms with van der Waals surface area (Å²) in [6, 6.07) is 11.8. The van der Waals surface area contributed by atoms with Crippen LogP contribution >= 0.6 is 0 Å². The minimum Gasteiger partial charge on any atom is -0.508 e. The molecule has 4 N–H and O–H groups in total. The zero-order chi connectivity index (χ0) is 16.7. The van der Waals surface area contributed by atoms with E-state index >= 15 is 0 Å². The molecule has 0 fully saturated rings. The molecular weight excluding hydrogens is 295 g/mol. The molecule has 0 aliphatic carbocycles. The first-order valence-corrected chi connectivity index (χ1v) is 7.64. The number of halogens is 1. The number of hydrogen-bond acceptors (Lipinski definition) is 4. The maximum Gasteiger partial charge on any atom is 0.127 e. The van der Waals surface area contributed by atoms with Crippen LogP contribution in [0.3, 0.4) is 0 Å². The van der Waals surface area contributed by atoms with E-state index < -0.39 is 5.82 Å². The number of benzene rings is 2. The summed E-state index contributed by atoms with van der Waals surface area (Å²) in [5.41, 5.74) is 7.92. The van der Waals surface area contributed by atoms with Gasteiger partial charge in [0.1, 0.15) is 17.3 Å². The van der Waals surface area contributed by atoms with Gasteiger partial charge in [0.05, 0.1) is 7.11 Å². The lowest BCUT2D eigenvalue weighted by molar-refractivity contribution is 0.414. The first-order chi connectivity index (χ1) is 11.1. The normalized spacial score (nSPS) is 12.1. The van der Waals surface area contributed by atoms with Crippen molar-refractivity contribution in [1.82, 2.24) is 5.32 Å². The largest absolute Gasteiger partial charge is 0.508 e. The van der Waals surface area contributed by atoms with Gasteiger partial charge < -0.3 is 20.9 Å². The number of methoxy groups -OCH3 is 1. The highest BCUT2D eigenvalue weighted by molar-refractivity contribution is 5.29. The first kappa shape index (κ1) is 17.2. The van der Waals surface area contributed by atoms with Crippen molar-refractivity contribution in [3.63, 3.8) is 0 Å². The molecule has 2 aromatic carbocycles. The fourth-order valence-corrected chi connectivity index (χ4v) is 2.46. The van der Waals surface area contributed by atoms with Crippen LogP contribution in [0.5, 0.6) is 11.5 Å². The summed E-state index contributed by atoms with van der Waals surface area (Å²) < 4.78 is 18.4. The predicted molar refractivity (Wildman–Crippen MR) is 89.1 cm³/mol. The van der Waals surface area contributed by atoms with Gasteiger partial charge in [-0.25, -0.2) is 4.39 Å². The van der Waals surface area contributed by atoms with E-state index in [1.54, 1.807) is 13.2 Å². The molecule has 0 heterocycles. The Kier molecular flexibility index (Phi) is 6.38. The molecule has 0 saturated carbocycles. The molecule has 0 aromatic heterocycles. The van der Waals surface area contributed by atoms with E-state index in [9.17, 15) is 9.50 Å². The predicted octanol–water partition coefficient (Wildman–Crippen LogP) is 2.59. The highest BCUT2D eigenvalue weighted by Gasteiger charge is 2.07. The average Bonchev–Trinajstić information content (AvgIpc) is 2.51. The van der Waals surface area contributed by atoms with Crippen molar-refractivity contribution in [3.05, 3.63) is 59.4 Å². The minimum absolute atomic E-state index is 0.0663. The first-order valence-electron chi connectivity index (χ1n) is 7.64. The Balaban J connectivity index is 1.73. The Bertz CT molecular complexity index is 614. The van der Waals surface area contributed by atoms with Crippen molar-refractivity contribution >= 4 is 0 Å². The molecule has 0 amide bonds. The van der Waals surface area contributed by atoms with Crippen LogP contribution in [0, 0.1) is 5.82 Å². The zero-order valence-corrected chi connectivity index (χ0v) is 13.3. The number of rotatable bonds is 8. The molecule has 0 unspecified atom stereocenters. The van der Waals surface area contributed by atoms with Crippen molar-refractivity contribution in [3.8, 4) is 11.5 Å². The Hall–Kier alpha value is -2.11. The molecule has 0 radical (unpaired) electrons. The van der Waals surface area contributed by atoms with Gasteiger partial charge in [-0.05, 0) is 54.8 Å². The second-order valence-corrected chi connectivity index (χ2v) is 5.60. The fourth-order valence-electron chi connectivity index (χ4n) is 2.46. The van der Waals surface area contributed by atoms with Crippen LogP contribution in [0.25, 0.3) is 0 Å². The summed E-state index contributed by atoms with van der Waals surface area (Å²) >= 11 is 0. The number of nitrogens with one attached hydrogen (secondary N) is 1. The van der Waals surface area contributed by atoms with E-state index in [0.29, 0.717) is 12.0 Å². The molecule has 2 rings (SSSR count). The van der Waals surface area contributed by atoms with Crippen molar-refractivity contribution in [2.45, 2.75) is 25.4 Å². The van der Waals surface area contributed by atoms with E-state index in [1.807, 2.05) is 24.3 Å². The van der Waals surface area contributed by atoms with Crippen LogP contribution in [0.4, 0.5) is 4.39 Å². The molecule has 23 heavy (non-hydrogen) atoms. The van der Waals surface area contributed by atoms with Crippen molar-refractivity contribution < 1.29 is 14.2 Å². The van der Waals surface area contributed by atoms with E-state index in [0.717, 1.165) is 36.9 Å². The Labute approximate surface area is 136 Å². The van der Waals surface area contributed by atoms with Gasteiger partial charge in [-0.3, -0.25) is 0 Å². The number of phenolic OH excluding ortho intramolecular Hbond substituents is 1. The molecule has 124 valence electrons. The van der Waals surface area contributed by atoms with Crippen molar-refractivity contribution in [1.29, 1.82) is 0 Å². The number of aromatic hydroxyl groups is 1. The van der Waals surface area contributed by atoms with E-state index in [-0.39, 0.29) is 11.8 Å². The van der Waals surface area contributed by atoms with Crippen LogP contribution in [-0.4, -0.2) is 24.8 Å². The quantitative estimate of drug-likeness (QED) is 0.655. The van der Waals surface area contributed by atoms with Crippen LogP contribution < -0.4 is 15.8 Å². The van der Waals surface area contributed by atoms with Crippen LogP contribution in [0.2, 0.25) is 0 Å². The minimum atomic E-state index is -0.441. The van der Waals surface area contributed by atoms with Gasteiger partial charge in [0.25, 0.3) is 0 Å². The lowest BCUT2D eigenvalue weighted by Crippen LogP contribution is -2.28. The molecule has 0 aliphatic rings. The van der Waals surface area contributed by atoms with Gasteiger partial charge in [0.2, 0.25) is 0 Å². The third-order valence-corrected chi connectivity index (χ3v) is 3.60. The second kappa shape index (κ2) is 8.50. The summed E-state index contributed by atoms with van der Waals surface area (Å²) in [6.07, 6.45) is 1.30. The van der Waals surface area contributed by atoms with Crippen molar-refractivity contribution in [2.75, 3.05) is 13.7 Å². The standard InChI is InChI=1S/C18H23FN2O2/c1-23-18-4-2-3-13(10-18)12-21-6-5-16(20)8-14-7-15(19)11-17(22)9-14/h2-4,7,9-11,16,21-22H,5-6,8,12,20H2,1H3/t16-/m1/s1. The molecule has 0 bridgehead atoms. The molecule has 4 nitrogen and oxygen atoms in total. The van der Waals surface area contributed by atoms with Gasteiger partial charge in [-0.2, -0.15) is 0 Å². The number of nitrogens with two attached hydrogens (primary N) is 1. The number of ether oxygens (including phenoxy) is 1. The van der Waals surface area contributed by atoms with Crippen LogP contribution in [0.1, 0.15) is 17.5 Å². The lowest BCUT2D eigenvalue weighted by atomic mass is 10.0. The number of phenols is 1. The monoisotopic (exact) mass is 318 g/mol. The number of hydrogen-bond donors (Lipinski definition) is 3. The highest BCUT2D eigenvalue weighted by Crippen LogP contribution is 2.16. The third kappa shape index (κ3) is 5.88. The van der Waals surface area contributed by atoms with Gasteiger partial charge >= 0.3 is 0 Å². The highest BCUT2D eigenvalue weighted by atomic mass is 19.1. The van der Waals surface area contributed by atoms with Gasteiger partial charge in [-0.1, -0.05) is 12.1 Å². The SMILES string of the molecule is COc1cccc(CNCC[C@@H](N)Cc2cc(O)cc(F)c2)c1. The van der Waals surface area contributed by atoms with Crippen molar-refractivity contribution in [2.24, 2.45) is 5.73 Å². The summed E-state index contributed by atoms with van der Waals surface area (Å²) in [6.45, 7) is 1.50. The van der Waals surface area contributed by atoms with Gasteiger partial charge in [0.15, 0.2) is 0 Å². The summed E-state index contributed by atoms with van der Waals surface area (Å²) in [5, 5.41) is 12.7. The topological polar surface area (TPSA) is 67.5 Å². The van der Waals surface area contributed by atoms with Gasteiger partial charge in [-0.15, -0.1) is 0 Å². The molecule has 0 saturated heterocycles. The van der Waals surface area contributed by atoms with Crippen LogP contribution in [-0.2, 0) is 13.0 Å². The average molecular weight is 318 g/mol. The molecule has 0 aliphatic heterocycles. The summed E-state index contributed by atoms with van der Waals surface area (Å²) in [5.74, 6) is 0.332. The smallest absolute Gasteiger partial charge is 0.127 e. The maximum atomic E-state index is 13.2. The van der Waals surface area contributed by atoms with Gasteiger partial charge in [0, 0.05) is 18.7 Å². The maximum absolute atomic E-state index is 13.2. The van der Waals surface area contributed by atoms with E-state index in [1.165, 1.54) is 6.07 Å². The lowest BCUT2D eigenvalue weighted by Gasteiger charge is -2.13. The molecule has 1 atom stereocenters. The molecule has 0 spiro atoms. The van der Waals surface area contributed by atoms with E-state index in [4.69, 9.17) is 10.5 Å². The fraction of sp³-hybridized carbons (Fsp3) is 0.333. The van der Waals surface area contributed by atoms with Crippen LogP contribution in [0.15, 0.2) is 42.5 Å². The Morgan fingerprint density at radius 2 is 2.04 bits per heavy atom.